The lowest BCUT2D eigenvalue weighted by molar-refractivity contribution is 0.822. The van der Waals surface area contributed by atoms with E-state index in [0.717, 1.165) is 24.0 Å². The number of likely N-dealkylation sites (N-methyl/N-ethyl adjacent to an activating group) is 1. The second-order valence-corrected chi connectivity index (χ2v) is 4.01. The van der Waals surface area contributed by atoms with E-state index in [-0.39, 0.29) is 0 Å². The maximum Gasteiger partial charge on any atom is 0.202 e. The van der Waals surface area contributed by atoms with E-state index in [1.807, 2.05) is 7.05 Å². The van der Waals surface area contributed by atoms with E-state index in [9.17, 15) is 0 Å². The fourth-order valence-electron chi connectivity index (χ4n) is 1.11. The zero-order chi connectivity index (χ0) is 9.10. The summed E-state index contributed by atoms with van der Waals surface area (Å²) in [5, 5.41) is 7.26. The monoisotopic (exact) mass is 198 g/mol. The van der Waals surface area contributed by atoms with Gasteiger partial charge >= 0.3 is 0 Å². The van der Waals surface area contributed by atoms with Crippen LogP contribution in [0.5, 0.6) is 0 Å². The first-order chi connectivity index (χ1) is 6.40. The molecular formula is C8H14N4S. The highest BCUT2D eigenvalue weighted by Crippen LogP contribution is 2.39. The van der Waals surface area contributed by atoms with Gasteiger partial charge in [-0.25, -0.2) is 4.98 Å². The van der Waals surface area contributed by atoms with Crippen molar-refractivity contribution in [2.24, 2.45) is 0 Å². The molecule has 0 unspecified atom stereocenters. The number of hydrogen-bond acceptors (Lipinski definition) is 5. The average molecular weight is 198 g/mol. The summed E-state index contributed by atoms with van der Waals surface area (Å²) in [6.45, 7) is 1.87. The van der Waals surface area contributed by atoms with E-state index in [0.29, 0.717) is 5.92 Å². The molecule has 1 aromatic heterocycles. The van der Waals surface area contributed by atoms with Gasteiger partial charge in [-0.15, -0.1) is 0 Å². The molecule has 0 aromatic carbocycles. The van der Waals surface area contributed by atoms with E-state index < -0.39 is 0 Å². The van der Waals surface area contributed by atoms with Crippen molar-refractivity contribution in [1.29, 1.82) is 0 Å². The first kappa shape index (κ1) is 8.90. The maximum absolute atomic E-state index is 4.41. The number of rotatable bonds is 5. The third kappa shape index (κ3) is 2.38. The first-order valence-corrected chi connectivity index (χ1v) is 5.39. The molecule has 1 saturated carbocycles. The Bertz CT molecular complexity index is 269. The van der Waals surface area contributed by atoms with Crippen molar-refractivity contribution in [3.8, 4) is 0 Å². The maximum atomic E-state index is 4.41. The average Bonchev–Trinajstić information content (AvgIpc) is 2.88. The fraction of sp³-hybridized carbons (Fsp3) is 0.750. The van der Waals surface area contributed by atoms with E-state index in [2.05, 4.69) is 20.0 Å². The van der Waals surface area contributed by atoms with Crippen LogP contribution in [0.2, 0.25) is 0 Å². The molecule has 72 valence electrons. The second kappa shape index (κ2) is 4.02. The van der Waals surface area contributed by atoms with E-state index in [4.69, 9.17) is 0 Å². The van der Waals surface area contributed by atoms with Crippen LogP contribution in [0.3, 0.4) is 0 Å². The van der Waals surface area contributed by atoms with Gasteiger partial charge in [-0.1, -0.05) is 0 Å². The Hall–Kier alpha value is -0.680. The van der Waals surface area contributed by atoms with Gasteiger partial charge in [0.1, 0.15) is 5.82 Å². The van der Waals surface area contributed by atoms with Crippen LogP contribution in [0, 0.1) is 0 Å². The number of hydrogen-bond donors (Lipinski definition) is 2. The summed E-state index contributed by atoms with van der Waals surface area (Å²) in [7, 11) is 1.94. The summed E-state index contributed by atoms with van der Waals surface area (Å²) in [6, 6.07) is 0. The number of nitrogens with zero attached hydrogens (tertiary/aromatic N) is 2. The first-order valence-electron chi connectivity index (χ1n) is 4.62. The zero-order valence-electron chi connectivity index (χ0n) is 7.71. The van der Waals surface area contributed by atoms with Crippen LogP contribution in [0.4, 0.5) is 5.13 Å². The Morgan fingerprint density at radius 3 is 3.00 bits per heavy atom. The van der Waals surface area contributed by atoms with Gasteiger partial charge in [-0.05, 0) is 19.9 Å². The Morgan fingerprint density at radius 1 is 1.46 bits per heavy atom. The van der Waals surface area contributed by atoms with Crippen LogP contribution < -0.4 is 10.6 Å². The van der Waals surface area contributed by atoms with Crippen molar-refractivity contribution in [2.45, 2.75) is 18.8 Å². The van der Waals surface area contributed by atoms with Crippen molar-refractivity contribution in [3.05, 3.63) is 5.82 Å². The smallest absolute Gasteiger partial charge is 0.202 e. The van der Waals surface area contributed by atoms with Crippen molar-refractivity contribution < 1.29 is 0 Å². The highest BCUT2D eigenvalue weighted by atomic mass is 32.1. The van der Waals surface area contributed by atoms with Crippen molar-refractivity contribution in [1.82, 2.24) is 14.7 Å². The Morgan fingerprint density at radius 2 is 2.31 bits per heavy atom. The van der Waals surface area contributed by atoms with Crippen LogP contribution in [-0.2, 0) is 0 Å². The van der Waals surface area contributed by atoms with Gasteiger partial charge in [-0.2, -0.15) is 4.37 Å². The normalized spacial score (nSPS) is 16.1. The SMILES string of the molecule is CNCCNc1nc(C2CC2)ns1. The molecule has 0 aliphatic heterocycles. The molecule has 4 nitrogen and oxygen atoms in total. The Kier molecular flexibility index (Phi) is 2.75. The summed E-state index contributed by atoms with van der Waals surface area (Å²) < 4.78 is 4.30. The van der Waals surface area contributed by atoms with Crippen LogP contribution in [0.25, 0.3) is 0 Å². The van der Waals surface area contributed by atoms with Gasteiger partial charge in [0.15, 0.2) is 0 Å². The van der Waals surface area contributed by atoms with Gasteiger partial charge in [0.05, 0.1) is 0 Å². The minimum absolute atomic E-state index is 0.663. The summed E-state index contributed by atoms with van der Waals surface area (Å²) >= 11 is 1.47. The highest BCUT2D eigenvalue weighted by Gasteiger charge is 2.27. The summed E-state index contributed by atoms with van der Waals surface area (Å²) in [6.07, 6.45) is 2.54. The predicted octanol–water partition coefficient (Wildman–Crippen LogP) is 1.05. The Balaban J connectivity index is 1.82. The molecule has 13 heavy (non-hydrogen) atoms. The molecule has 0 saturated heterocycles. The fourth-order valence-corrected chi connectivity index (χ4v) is 1.78. The van der Waals surface area contributed by atoms with Gasteiger partial charge in [-0.3, -0.25) is 0 Å². The lowest BCUT2D eigenvalue weighted by Crippen LogP contribution is -2.17. The molecule has 1 aliphatic rings. The Labute approximate surface area is 81.9 Å². The molecule has 0 atom stereocenters. The predicted molar refractivity (Wildman–Crippen MR) is 54.3 cm³/mol. The molecule has 0 amide bonds. The van der Waals surface area contributed by atoms with E-state index >= 15 is 0 Å². The van der Waals surface area contributed by atoms with Crippen molar-refractivity contribution in [3.63, 3.8) is 0 Å². The minimum Gasteiger partial charge on any atom is -0.359 e. The molecule has 1 aliphatic carbocycles. The van der Waals surface area contributed by atoms with Crippen molar-refractivity contribution >= 4 is 16.7 Å². The quantitative estimate of drug-likeness (QED) is 0.694. The summed E-state index contributed by atoms with van der Waals surface area (Å²) in [5.41, 5.74) is 0. The second-order valence-electron chi connectivity index (χ2n) is 3.26. The third-order valence-electron chi connectivity index (χ3n) is 2.04. The number of anilines is 1. The van der Waals surface area contributed by atoms with Gasteiger partial charge in [0.25, 0.3) is 0 Å². The minimum atomic E-state index is 0.663. The van der Waals surface area contributed by atoms with Crippen LogP contribution in [0.1, 0.15) is 24.6 Å². The highest BCUT2D eigenvalue weighted by molar-refractivity contribution is 7.09. The molecule has 2 rings (SSSR count). The van der Waals surface area contributed by atoms with Gasteiger partial charge in [0, 0.05) is 30.5 Å². The molecule has 2 N–H and O–H groups in total. The van der Waals surface area contributed by atoms with Crippen molar-refractivity contribution in [2.75, 3.05) is 25.5 Å². The standard InChI is InChI=1S/C8H14N4S/c1-9-4-5-10-8-11-7(12-13-8)6-2-3-6/h6,9H,2-5H2,1H3,(H,10,11,12). The third-order valence-corrected chi connectivity index (χ3v) is 2.72. The molecule has 0 spiro atoms. The molecule has 1 heterocycles. The molecule has 1 fully saturated rings. The van der Waals surface area contributed by atoms with Crippen LogP contribution >= 0.6 is 11.5 Å². The molecule has 0 bridgehead atoms. The van der Waals surface area contributed by atoms with E-state index in [1.165, 1.54) is 24.4 Å². The lowest BCUT2D eigenvalue weighted by atomic mass is 10.4. The number of nitrogens with one attached hydrogen (secondary N) is 2. The van der Waals surface area contributed by atoms with Crippen LogP contribution in [0.15, 0.2) is 0 Å². The summed E-state index contributed by atoms with van der Waals surface area (Å²) in [4.78, 5) is 4.41. The number of aromatic nitrogens is 2. The molecular weight excluding hydrogens is 184 g/mol. The lowest BCUT2D eigenvalue weighted by Gasteiger charge is -1.99. The zero-order valence-corrected chi connectivity index (χ0v) is 8.52. The summed E-state index contributed by atoms with van der Waals surface area (Å²) in [5.74, 6) is 1.70. The van der Waals surface area contributed by atoms with Gasteiger partial charge < -0.3 is 10.6 Å². The molecule has 0 radical (unpaired) electrons. The largest absolute Gasteiger partial charge is 0.359 e. The topological polar surface area (TPSA) is 49.8 Å². The van der Waals surface area contributed by atoms with Gasteiger partial charge in [0.2, 0.25) is 5.13 Å². The van der Waals surface area contributed by atoms with Crippen LogP contribution in [-0.4, -0.2) is 29.5 Å². The molecule has 1 aromatic rings. The molecule has 5 heteroatoms. The van der Waals surface area contributed by atoms with E-state index in [1.54, 1.807) is 0 Å².